The average Bonchev–Trinajstić information content (AvgIpc) is 2.63. The van der Waals surface area contributed by atoms with E-state index in [2.05, 4.69) is 10.6 Å². The molecule has 146 valence electrons. The molecule has 3 unspecified atom stereocenters. The maximum atomic E-state index is 12.8. The van der Waals surface area contributed by atoms with Crippen molar-refractivity contribution in [2.24, 2.45) is 0 Å². The number of nitrogens with zero attached hydrogens (tertiary/aromatic N) is 2. The Hall–Kier alpha value is -2.16. The van der Waals surface area contributed by atoms with Crippen molar-refractivity contribution >= 4 is 23.6 Å². The lowest BCUT2D eigenvalue weighted by atomic mass is 10.0. The summed E-state index contributed by atoms with van der Waals surface area (Å²) in [7, 11) is 3.14. The Morgan fingerprint density at radius 3 is 2.58 bits per heavy atom. The second-order valence-corrected chi connectivity index (χ2v) is 6.89. The highest BCUT2D eigenvalue weighted by Gasteiger charge is 2.33. The van der Waals surface area contributed by atoms with Crippen LogP contribution in [0.2, 0.25) is 0 Å². The van der Waals surface area contributed by atoms with E-state index in [1.807, 2.05) is 0 Å². The fourth-order valence-electron chi connectivity index (χ4n) is 3.32. The summed E-state index contributed by atoms with van der Waals surface area (Å²) in [4.78, 5) is 52.8. The zero-order valence-electron chi connectivity index (χ0n) is 15.6. The van der Waals surface area contributed by atoms with Gasteiger partial charge in [-0.05, 0) is 19.8 Å². The van der Waals surface area contributed by atoms with E-state index in [9.17, 15) is 19.2 Å². The molecule has 0 aromatic heterocycles. The number of carbonyl (C=O) groups is 4. The summed E-state index contributed by atoms with van der Waals surface area (Å²) in [6.07, 6.45) is 1.71. The van der Waals surface area contributed by atoms with Gasteiger partial charge in [-0.1, -0.05) is 0 Å². The van der Waals surface area contributed by atoms with Crippen LogP contribution >= 0.6 is 0 Å². The average molecular weight is 368 g/mol. The lowest BCUT2D eigenvalue weighted by molar-refractivity contribution is -0.143. The molecule has 9 nitrogen and oxygen atoms in total. The Labute approximate surface area is 153 Å². The van der Waals surface area contributed by atoms with Crippen molar-refractivity contribution in [1.29, 1.82) is 0 Å². The molecule has 2 heterocycles. The number of ether oxygens (including phenoxy) is 1. The highest BCUT2D eigenvalue weighted by Crippen LogP contribution is 2.17. The maximum absolute atomic E-state index is 12.8. The van der Waals surface area contributed by atoms with Crippen LogP contribution in [0.3, 0.4) is 0 Å². The minimum atomic E-state index is -0.842. The van der Waals surface area contributed by atoms with E-state index < -0.39 is 18.0 Å². The molecule has 0 aromatic rings. The molecule has 9 heteroatoms. The molecule has 0 spiro atoms. The van der Waals surface area contributed by atoms with Crippen LogP contribution in [0.1, 0.15) is 32.6 Å². The van der Waals surface area contributed by atoms with Crippen molar-refractivity contribution in [1.82, 2.24) is 20.4 Å². The van der Waals surface area contributed by atoms with Crippen LogP contribution in [-0.4, -0.2) is 85.4 Å². The van der Waals surface area contributed by atoms with Gasteiger partial charge in [-0.2, -0.15) is 0 Å². The van der Waals surface area contributed by atoms with E-state index in [4.69, 9.17) is 4.74 Å². The van der Waals surface area contributed by atoms with Gasteiger partial charge in [0.2, 0.25) is 23.6 Å². The molecule has 2 N–H and O–H groups in total. The summed E-state index contributed by atoms with van der Waals surface area (Å²) in [6.45, 7) is 2.64. The quantitative estimate of drug-likeness (QED) is 0.641. The van der Waals surface area contributed by atoms with E-state index >= 15 is 0 Å². The standard InChI is InChI=1S/C17H28N4O5/c1-11-16(24)19-13(10-26-3)17(25)20(2)12-5-4-8-21(9-12)15(23)7-6-14(22)18-11/h11-13H,4-10H2,1-3H3,(H,18,22)(H,19,24). The van der Waals surface area contributed by atoms with Crippen LogP contribution in [0.15, 0.2) is 0 Å². The minimum absolute atomic E-state index is 0.0327. The van der Waals surface area contributed by atoms with Gasteiger partial charge in [0.15, 0.2) is 0 Å². The van der Waals surface area contributed by atoms with Crippen LogP contribution in [-0.2, 0) is 23.9 Å². The van der Waals surface area contributed by atoms with Crippen molar-refractivity contribution < 1.29 is 23.9 Å². The number of hydrogen-bond acceptors (Lipinski definition) is 5. The number of likely N-dealkylation sites (N-methyl/N-ethyl adjacent to an activating group) is 1. The molecule has 2 bridgehead atoms. The minimum Gasteiger partial charge on any atom is -0.382 e. The molecule has 0 aromatic carbocycles. The second kappa shape index (κ2) is 8.98. The first-order chi connectivity index (χ1) is 12.3. The topological polar surface area (TPSA) is 108 Å². The number of methoxy groups -OCH3 is 1. The lowest BCUT2D eigenvalue weighted by Gasteiger charge is -2.39. The predicted molar refractivity (Wildman–Crippen MR) is 93.0 cm³/mol. The van der Waals surface area contributed by atoms with Gasteiger partial charge >= 0.3 is 0 Å². The summed E-state index contributed by atoms with van der Waals surface area (Å²) in [6, 6.07) is -1.77. The Morgan fingerprint density at radius 2 is 1.88 bits per heavy atom. The Balaban J connectivity index is 2.24. The monoisotopic (exact) mass is 368 g/mol. The van der Waals surface area contributed by atoms with E-state index in [0.717, 1.165) is 12.8 Å². The molecule has 0 radical (unpaired) electrons. The van der Waals surface area contributed by atoms with E-state index in [-0.39, 0.29) is 43.2 Å². The van der Waals surface area contributed by atoms with Gasteiger partial charge in [0.1, 0.15) is 12.1 Å². The number of rotatable bonds is 2. The third kappa shape index (κ3) is 4.94. The summed E-state index contributed by atoms with van der Waals surface area (Å²) < 4.78 is 5.08. The van der Waals surface area contributed by atoms with Crippen LogP contribution in [0, 0.1) is 0 Å². The van der Waals surface area contributed by atoms with Crippen molar-refractivity contribution in [3.63, 3.8) is 0 Å². The largest absolute Gasteiger partial charge is 0.382 e. The third-order valence-electron chi connectivity index (χ3n) is 4.93. The van der Waals surface area contributed by atoms with Crippen molar-refractivity contribution in [3.05, 3.63) is 0 Å². The number of amides is 4. The van der Waals surface area contributed by atoms with Crippen molar-refractivity contribution in [2.75, 3.05) is 33.9 Å². The molecule has 2 fully saturated rings. The molecule has 4 amide bonds. The number of hydrogen-bond donors (Lipinski definition) is 2. The van der Waals surface area contributed by atoms with Gasteiger partial charge in [-0.3, -0.25) is 19.2 Å². The first kappa shape index (κ1) is 20.2. The molecule has 26 heavy (non-hydrogen) atoms. The fourth-order valence-corrected chi connectivity index (χ4v) is 3.32. The normalized spacial score (nSPS) is 29.1. The van der Waals surface area contributed by atoms with Gasteiger partial charge in [0.25, 0.3) is 0 Å². The smallest absolute Gasteiger partial charge is 0.247 e. The Morgan fingerprint density at radius 1 is 1.15 bits per heavy atom. The zero-order chi connectivity index (χ0) is 19.3. The van der Waals surface area contributed by atoms with Gasteiger partial charge in [-0.15, -0.1) is 0 Å². The molecule has 0 saturated carbocycles. The number of piperidine rings is 1. The summed E-state index contributed by atoms with van der Waals surface area (Å²) in [5, 5.41) is 5.22. The van der Waals surface area contributed by atoms with Gasteiger partial charge in [0, 0.05) is 46.1 Å². The van der Waals surface area contributed by atoms with E-state index in [1.54, 1.807) is 16.8 Å². The highest BCUT2D eigenvalue weighted by atomic mass is 16.5. The summed E-state index contributed by atoms with van der Waals surface area (Å²) in [5.74, 6) is -1.20. The Bertz CT molecular complexity index is 567. The third-order valence-corrected chi connectivity index (χ3v) is 4.93. The molecular weight excluding hydrogens is 340 g/mol. The molecule has 2 rings (SSSR count). The van der Waals surface area contributed by atoms with Crippen molar-refractivity contribution in [2.45, 2.75) is 50.7 Å². The maximum Gasteiger partial charge on any atom is 0.247 e. The van der Waals surface area contributed by atoms with Gasteiger partial charge < -0.3 is 25.2 Å². The molecule has 2 saturated heterocycles. The lowest BCUT2D eigenvalue weighted by Crippen LogP contribution is -2.58. The zero-order valence-corrected chi connectivity index (χ0v) is 15.6. The molecule has 0 aliphatic carbocycles. The first-order valence-electron chi connectivity index (χ1n) is 8.96. The Kier molecular flexibility index (Phi) is 6.96. The number of carbonyl (C=O) groups excluding carboxylic acids is 4. The van der Waals surface area contributed by atoms with Crippen LogP contribution < -0.4 is 10.6 Å². The number of nitrogens with one attached hydrogen (secondary N) is 2. The summed E-state index contributed by atoms with van der Waals surface area (Å²) in [5.41, 5.74) is 0. The SMILES string of the molecule is COCC1NC(=O)C(C)NC(=O)CCC(=O)N2CCCC(C2)N(C)C1=O. The highest BCUT2D eigenvalue weighted by molar-refractivity contribution is 5.92. The molecule has 3 atom stereocenters. The molecule has 2 aliphatic rings. The first-order valence-corrected chi connectivity index (χ1v) is 8.96. The van der Waals surface area contributed by atoms with Gasteiger partial charge in [0.05, 0.1) is 6.61 Å². The second-order valence-electron chi connectivity index (χ2n) is 6.89. The molecular formula is C17H28N4O5. The van der Waals surface area contributed by atoms with Crippen LogP contribution in [0.4, 0.5) is 0 Å². The molecule has 2 aliphatic heterocycles. The van der Waals surface area contributed by atoms with Crippen LogP contribution in [0.5, 0.6) is 0 Å². The van der Waals surface area contributed by atoms with Crippen LogP contribution in [0.25, 0.3) is 0 Å². The fraction of sp³-hybridized carbons (Fsp3) is 0.765. The van der Waals surface area contributed by atoms with E-state index in [1.165, 1.54) is 14.0 Å². The van der Waals surface area contributed by atoms with E-state index in [0.29, 0.717) is 13.1 Å². The predicted octanol–water partition coefficient (Wildman–Crippen LogP) is -1.13. The number of fused-ring (bicyclic) bond motifs is 2. The van der Waals surface area contributed by atoms with Gasteiger partial charge in [-0.25, -0.2) is 0 Å². The van der Waals surface area contributed by atoms with Crippen molar-refractivity contribution in [3.8, 4) is 0 Å². The summed E-state index contributed by atoms with van der Waals surface area (Å²) >= 11 is 0.